The molecule has 0 saturated carbocycles. The smallest absolute Gasteiger partial charge is 0.407 e. The van der Waals surface area contributed by atoms with E-state index in [4.69, 9.17) is 56.8 Å². The van der Waals surface area contributed by atoms with Crippen LogP contribution in [0, 0.1) is 0 Å². The second-order valence-electron chi connectivity index (χ2n) is 13.2. The Morgan fingerprint density at radius 3 is 1.15 bits per heavy atom. The molecule has 3 aromatic rings. The zero-order valence-corrected chi connectivity index (χ0v) is 35.0. The van der Waals surface area contributed by atoms with Gasteiger partial charge in [-0.1, -0.05) is 78.9 Å². The van der Waals surface area contributed by atoms with Gasteiger partial charge in [-0.25, -0.2) is 9.59 Å². The fraction of sp³-hybridized carbons (Fsp3) is 0.533. The van der Waals surface area contributed by atoms with Gasteiger partial charge in [0.15, 0.2) is 0 Å². The number of Topliss-reactive ketones (excluding diaryl/α,β-unsaturated/α-hetero) is 1. The minimum absolute atomic E-state index is 0.00976. The molecule has 0 spiro atoms. The van der Waals surface area contributed by atoms with Crippen molar-refractivity contribution in [3.05, 3.63) is 95.6 Å². The number of nitrogens with one attached hydrogen (secondary N) is 1. The highest BCUT2D eigenvalue weighted by Gasteiger charge is 2.29. The van der Waals surface area contributed by atoms with E-state index in [1.807, 2.05) is 24.3 Å². The number of amides is 1. The van der Waals surface area contributed by atoms with Crippen LogP contribution in [0.1, 0.15) is 27.4 Å². The standard InChI is InChI=1S/C45H61NO15/c47-43(37-8-2-1-3-9-37)44(48)60-35-34-59-33-32-58-31-30-57-29-28-56-27-26-55-25-24-54-23-22-53-21-20-52-19-18-51-17-16-50-15-14-46-45(49)61-36-42-40-12-6-4-10-38(40)39-11-5-7-13-41(39)42/h1-13,42H,14-36H2,(H,46,49). The van der Waals surface area contributed by atoms with Crippen LogP contribution in [0.3, 0.4) is 0 Å². The lowest BCUT2D eigenvalue weighted by Gasteiger charge is -2.14. The zero-order valence-electron chi connectivity index (χ0n) is 35.0. The van der Waals surface area contributed by atoms with Gasteiger partial charge < -0.3 is 62.2 Å². The second-order valence-corrected chi connectivity index (χ2v) is 13.2. The van der Waals surface area contributed by atoms with E-state index in [0.717, 1.165) is 0 Å². The largest absolute Gasteiger partial charge is 0.457 e. The highest BCUT2D eigenvalue weighted by atomic mass is 16.6. The van der Waals surface area contributed by atoms with E-state index in [1.165, 1.54) is 22.3 Å². The summed E-state index contributed by atoms with van der Waals surface area (Å²) in [6.45, 7) is 9.04. The van der Waals surface area contributed by atoms with Crippen molar-refractivity contribution in [2.24, 2.45) is 0 Å². The number of hydrogen-bond acceptors (Lipinski definition) is 15. The van der Waals surface area contributed by atoms with E-state index in [1.54, 1.807) is 30.3 Å². The molecule has 4 rings (SSSR count). The molecule has 0 bridgehead atoms. The van der Waals surface area contributed by atoms with Crippen LogP contribution in [-0.2, 0) is 61.6 Å². The number of esters is 1. The number of ketones is 1. The van der Waals surface area contributed by atoms with Crippen LogP contribution in [0.25, 0.3) is 11.1 Å². The molecule has 0 atom stereocenters. The number of ether oxygens (including phenoxy) is 12. The van der Waals surface area contributed by atoms with Gasteiger partial charge in [0.2, 0.25) is 0 Å². The third-order valence-corrected chi connectivity index (χ3v) is 8.89. The van der Waals surface area contributed by atoms with Crippen molar-refractivity contribution >= 4 is 17.8 Å². The topological polar surface area (TPSA) is 174 Å². The third kappa shape index (κ3) is 20.9. The number of benzene rings is 3. The van der Waals surface area contributed by atoms with Crippen molar-refractivity contribution in [3.63, 3.8) is 0 Å². The highest BCUT2D eigenvalue weighted by Crippen LogP contribution is 2.44. The number of carbonyl (C=O) groups is 3. The number of rotatable bonds is 37. The Labute approximate surface area is 358 Å². The molecule has 0 unspecified atom stereocenters. The molecule has 0 aliphatic heterocycles. The predicted molar refractivity (Wildman–Crippen MR) is 223 cm³/mol. The molecule has 0 aromatic heterocycles. The summed E-state index contributed by atoms with van der Waals surface area (Å²) in [7, 11) is 0. The molecule has 16 heteroatoms. The van der Waals surface area contributed by atoms with Gasteiger partial charge in [0.05, 0.1) is 132 Å². The Bertz CT molecular complexity index is 1580. The average Bonchev–Trinajstić information content (AvgIpc) is 3.61. The molecular weight excluding hydrogens is 794 g/mol. The molecular formula is C45H61NO15. The van der Waals surface area contributed by atoms with Gasteiger partial charge in [-0.15, -0.1) is 0 Å². The molecule has 1 N–H and O–H groups in total. The Balaban J connectivity index is 0.776. The van der Waals surface area contributed by atoms with Crippen LogP contribution in [0.15, 0.2) is 78.9 Å². The first kappa shape index (κ1) is 49.3. The molecule has 1 amide bonds. The maximum Gasteiger partial charge on any atom is 0.407 e. The summed E-state index contributed by atoms with van der Waals surface area (Å²) in [4.78, 5) is 35.9. The maximum atomic E-state index is 12.3. The van der Waals surface area contributed by atoms with E-state index in [-0.39, 0.29) is 25.7 Å². The first-order valence-electron chi connectivity index (χ1n) is 20.8. The quantitative estimate of drug-likeness (QED) is 0.0380. The number of fused-ring (bicyclic) bond motifs is 3. The first-order chi connectivity index (χ1) is 30.1. The molecule has 1 aliphatic carbocycles. The summed E-state index contributed by atoms with van der Waals surface area (Å²) in [5.74, 6) is -1.55. The van der Waals surface area contributed by atoms with E-state index in [2.05, 4.69) is 29.6 Å². The summed E-state index contributed by atoms with van der Waals surface area (Å²) in [5, 5.41) is 2.74. The molecule has 16 nitrogen and oxygen atoms in total. The Morgan fingerprint density at radius 2 is 0.738 bits per heavy atom. The molecule has 0 fully saturated rings. The fourth-order valence-electron chi connectivity index (χ4n) is 5.92. The van der Waals surface area contributed by atoms with Crippen LogP contribution < -0.4 is 5.32 Å². The molecule has 0 saturated heterocycles. The van der Waals surface area contributed by atoms with Crippen molar-refractivity contribution < 1.29 is 71.2 Å². The monoisotopic (exact) mass is 855 g/mol. The molecule has 3 aromatic carbocycles. The fourth-order valence-corrected chi connectivity index (χ4v) is 5.92. The molecule has 336 valence electrons. The SMILES string of the molecule is O=C(NCCOCCOCCOCCOCCOCCOCCOCCOCCOCCOCCOC(=O)C(=O)c1ccccc1)OCC1c2ccccc2-c2ccccc21. The number of alkyl carbamates (subject to hydrolysis) is 1. The van der Waals surface area contributed by atoms with Gasteiger partial charge in [0.1, 0.15) is 13.2 Å². The van der Waals surface area contributed by atoms with E-state index < -0.39 is 17.8 Å². The predicted octanol–water partition coefficient (Wildman–Crippen LogP) is 4.12. The van der Waals surface area contributed by atoms with Crippen molar-refractivity contribution in [3.8, 4) is 11.1 Å². The number of carbonyl (C=O) groups excluding carboxylic acids is 3. The van der Waals surface area contributed by atoms with Gasteiger partial charge in [0.25, 0.3) is 5.78 Å². The molecule has 61 heavy (non-hydrogen) atoms. The van der Waals surface area contributed by atoms with E-state index >= 15 is 0 Å². The van der Waals surface area contributed by atoms with Crippen molar-refractivity contribution in [2.75, 3.05) is 152 Å². The lowest BCUT2D eigenvalue weighted by atomic mass is 9.98. The Kier molecular flexibility index (Phi) is 26.2. The summed E-state index contributed by atoms with van der Waals surface area (Å²) >= 11 is 0. The van der Waals surface area contributed by atoms with Gasteiger partial charge in [-0.3, -0.25) is 4.79 Å². The summed E-state index contributed by atoms with van der Waals surface area (Å²) in [6, 6.07) is 24.7. The van der Waals surface area contributed by atoms with Crippen LogP contribution in [-0.4, -0.2) is 170 Å². The minimum Gasteiger partial charge on any atom is -0.457 e. The van der Waals surface area contributed by atoms with Crippen molar-refractivity contribution in [2.45, 2.75) is 5.92 Å². The van der Waals surface area contributed by atoms with Crippen molar-refractivity contribution in [1.29, 1.82) is 0 Å². The van der Waals surface area contributed by atoms with Gasteiger partial charge >= 0.3 is 12.1 Å². The summed E-state index contributed by atoms with van der Waals surface area (Å²) in [6.07, 6.45) is -0.460. The van der Waals surface area contributed by atoms with Crippen LogP contribution in [0.5, 0.6) is 0 Å². The molecule has 0 radical (unpaired) electrons. The minimum atomic E-state index is -0.902. The van der Waals surface area contributed by atoms with E-state index in [0.29, 0.717) is 138 Å². The van der Waals surface area contributed by atoms with Crippen LogP contribution in [0.4, 0.5) is 4.79 Å². The van der Waals surface area contributed by atoms with Gasteiger partial charge in [-0.05, 0) is 22.3 Å². The Morgan fingerprint density at radius 1 is 0.393 bits per heavy atom. The number of hydrogen-bond donors (Lipinski definition) is 1. The highest BCUT2D eigenvalue weighted by molar-refractivity contribution is 6.40. The first-order valence-corrected chi connectivity index (χ1v) is 20.8. The van der Waals surface area contributed by atoms with Gasteiger partial charge in [-0.2, -0.15) is 0 Å². The molecule has 1 aliphatic rings. The zero-order chi connectivity index (χ0) is 42.8. The van der Waals surface area contributed by atoms with Gasteiger partial charge in [0, 0.05) is 18.0 Å². The van der Waals surface area contributed by atoms with Crippen LogP contribution >= 0.6 is 0 Å². The Hall–Kier alpha value is -4.33. The summed E-state index contributed by atoms with van der Waals surface area (Å²) < 4.78 is 65.2. The van der Waals surface area contributed by atoms with Crippen molar-refractivity contribution in [1.82, 2.24) is 5.32 Å². The van der Waals surface area contributed by atoms with E-state index in [9.17, 15) is 14.4 Å². The lowest BCUT2D eigenvalue weighted by Crippen LogP contribution is -2.29. The lowest BCUT2D eigenvalue weighted by molar-refractivity contribution is -0.139. The molecule has 0 heterocycles. The summed E-state index contributed by atoms with van der Waals surface area (Å²) in [5.41, 5.74) is 5.04. The normalized spacial score (nSPS) is 11.9. The average molecular weight is 856 g/mol. The second kappa shape index (κ2) is 32.4. The van der Waals surface area contributed by atoms with Crippen LogP contribution in [0.2, 0.25) is 0 Å². The maximum absolute atomic E-state index is 12.3. The third-order valence-electron chi connectivity index (χ3n) is 8.89.